The Morgan fingerprint density at radius 2 is 1.94 bits per heavy atom. The van der Waals surface area contributed by atoms with E-state index in [2.05, 4.69) is 0 Å². The van der Waals surface area contributed by atoms with Gasteiger partial charge in [0, 0.05) is 11.6 Å². The molecule has 0 fully saturated rings. The van der Waals surface area contributed by atoms with E-state index >= 15 is 0 Å². The molecule has 0 aliphatic rings. The number of ether oxygens (including phenoxy) is 1. The first-order valence-corrected chi connectivity index (χ1v) is 5.21. The molecule has 0 aromatic heterocycles. The average Bonchev–Trinajstić information content (AvgIpc) is 2.38. The van der Waals surface area contributed by atoms with Crippen LogP contribution in [0.5, 0.6) is 5.75 Å². The summed E-state index contributed by atoms with van der Waals surface area (Å²) in [5.41, 5.74) is 0.189. The lowest BCUT2D eigenvalue weighted by Crippen LogP contribution is -1.94. The molecule has 5 heteroatoms. The number of hydrogen-bond donors (Lipinski definition) is 0. The largest absolute Gasteiger partial charge is 0.497 e. The second-order valence-corrected chi connectivity index (χ2v) is 3.63. The number of nitro benzene ring substituents is 1. The van der Waals surface area contributed by atoms with Crippen molar-refractivity contribution < 1.29 is 14.1 Å². The SMILES string of the molecule is COc1cccc(-c2cccc([N+](=O)[O-])c2F)c1. The summed E-state index contributed by atoms with van der Waals surface area (Å²) in [6.45, 7) is 0. The molecule has 0 N–H and O–H groups in total. The minimum Gasteiger partial charge on any atom is -0.497 e. The number of nitro groups is 1. The highest BCUT2D eigenvalue weighted by molar-refractivity contribution is 5.68. The Kier molecular flexibility index (Phi) is 3.23. The third kappa shape index (κ3) is 2.15. The van der Waals surface area contributed by atoms with Crippen molar-refractivity contribution >= 4 is 5.69 Å². The molecule has 2 aromatic carbocycles. The Balaban J connectivity index is 2.57. The first kappa shape index (κ1) is 12.0. The number of halogens is 1. The van der Waals surface area contributed by atoms with Crippen molar-refractivity contribution in [2.45, 2.75) is 0 Å². The van der Waals surface area contributed by atoms with E-state index in [1.807, 2.05) is 0 Å². The highest BCUT2D eigenvalue weighted by atomic mass is 19.1. The standard InChI is InChI=1S/C13H10FNO3/c1-18-10-5-2-4-9(8-10)11-6-3-7-12(13(11)14)15(16)17/h2-8H,1H3. The third-order valence-corrected chi connectivity index (χ3v) is 2.56. The molecule has 0 radical (unpaired) electrons. The number of benzene rings is 2. The molecule has 0 bridgehead atoms. The van der Waals surface area contributed by atoms with E-state index in [4.69, 9.17) is 4.74 Å². The molecular formula is C13H10FNO3. The molecule has 0 unspecified atom stereocenters. The molecule has 0 amide bonds. The van der Waals surface area contributed by atoms with Gasteiger partial charge in [0.05, 0.1) is 12.0 Å². The van der Waals surface area contributed by atoms with Crippen LogP contribution in [0, 0.1) is 15.9 Å². The van der Waals surface area contributed by atoms with Gasteiger partial charge in [-0.25, -0.2) is 0 Å². The summed E-state index contributed by atoms with van der Waals surface area (Å²) in [5, 5.41) is 10.7. The van der Waals surface area contributed by atoms with Gasteiger partial charge in [-0.1, -0.05) is 24.3 Å². The summed E-state index contributed by atoms with van der Waals surface area (Å²) in [5.74, 6) is -0.269. The Morgan fingerprint density at radius 1 is 1.22 bits per heavy atom. The van der Waals surface area contributed by atoms with Crippen molar-refractivity contribution in [2.24, 2.45) is 0 Å². The van der Waals surface area contributed by atoms with E-state index in [-0.39, 0.29) is 5.56 Å². The van der Waals surface area contributed by atoms with E-state index in [0.29, 0.717) is 11.3 Å². The van der Waals surface area contributed by atoms with Crippen LogP contribution in [0.2, 0.25) is 0 Å². The van der Waals surface area contributed by atoms with E-state index in [9.17, 15) is 14.5 Å². The van der Waals surface area contributed by atoms with Gasteiger partial charge in [-0.2, -0.15) is 4.39 Å². The molecule has 18 heavy (non-hydrogen) atoms. The summed E-state index contributed by atoms with van der Waals surface area (Å²) >= 11 is 0. The lowest BCUT2D eigenvalue weighted by molar-refractivity contribution is -0.387. The second-order valence-electron chi connectivity index (χ2n) is 3.63. The van der Waals surface area contributed by atoms with Crippen LogP contribution < -0.4 is 4.74 Å². The third-order valence-electron chi connectivity index (χ3n) is 2.56. The summed E-state index contributed by atoms with van der Waals surface area (Å²) in [7, 11) is 1.50. The molecular weight excluding hydrogens is 237 g/mol. The van der Waals surface area contributed by atoms with E-state index < -0.39 is 16.4 Å². The van der Waals surface area contributed by atoms with Gasteiger partial charge in [-0.15, -0.1) is 0 Å². The van der Waals surface area contributed by atoms with Gasteiger partial charge >= 0.3 is 5.69 Å². The van der Waals surface area contributed by atoms with Gasteiger partial charge in [0.2, 0.25) is 5.82 Å². The highest BCUT2D eigenvalue weighted by Crippen LogP contribution is 2.30. The topological polar surface area (TPSA) is 52.4 Å². The highest BCUT2D eigenvalue weighted by Gasteiger charge is 2.18. The smallest absolute Gasteiger partial charge is 0.305 e. The first-order chi connectivity index (χ1) is 8.63. The maximum Gasteiger partial charge on any atom is 0.305 e. The van der Waals surface area contributed by atoms with E-state index in [0.717, 1.165) is 6.07 Å². The van der Waals surface area contributed by atoms with Crippen molar-refractivity contribution in [1.29, 1.82) is 0 Å². The van der Waals surface area contributed by atoms with Crippen LogP contribution in [0.15, 0.2) is 42.5 Å². The van der Waals surface area contributed by atoms with Crippen LogP contribution in [-0.4, -0.2) is 12.0 Å². The van der Waals surface area contributed by atoms with Crippen LogP contribution in [-0.2, 0) is 0 Å². The van der Waals surface area contributed by atoms with Crippen LogP contribution in [0.4, 0.5) is 10.1 Å². The minimum atomic E-state index is -0.837. The molecule has 0 aliphatic heterocycles. The predicted molar refractivity (Wildman–Crippen MR) is 65.0 cm³/mol. The quantitative estimate of drug-likeness (QED) is 0.617. The van der Waals surface area contributed by atoms with Crippen molar-refractivity contribution in [3.05, 3.63) is 58.4 Å². The molecule has 4 nitrogen and oxygen atoms in total. The van der Waals surface area contributed by atoms with Gasteiger partial charge in [0.1, 0.15) is 5.75 Å². The fourth-order valence-corrected chi connectivity index (χ4v) is 1.67. The number of rotatable bonds is 3. The summed E-state index contributed by atoms with van der Waals surface area (Å²) in [4.78, 5) is 9.93. The molecule has 0 saturated heterocycles. The van der Waals surface area contributed by atoms with Crippen LogP contribution in [0.25, 0.3) is 11.1 Å². The van der Waals surface area contributed by atoms with E-state index in [1.165, 1.54) is 19.2 Å². The fraction of sp³-hybridized carbons (Fsp3) is 0.0769. The van der Waals surface area contributed by atoms with Crippen LogP contribution >= 0.6 is 0 Å². The van der Waals surface area contributed by atoms with Crippen molar-refractivity contribution in [2.75, 3.05) is 7.11 Å². The lowest BCUT2D eigenvalue weighted by Gasteiger charge is -2.06. The molecule has 0 atom stereocenters. The van der Waals surface area contributed by atoms with Gasteiger partial charge < -0.3 is 4.74 Å². The zero-order valence-corrected chi connectivity index (χ0v) is 9.59. The Labute approximate surface area is 103 Å². The van der Waals surface area contributed by atoms with Crippen LogP contribution in [0.3, 0.4) is 0 Å². The maximum atomic E-state index is 14.0. The summed E-state index contributed by atoms with van der Waals surface area (Å²) in [6.07, 6.45) is 0. The van der Waals surface area contributed by atoms with E-state index in [1.54, 1.807) is 24.3 Å². The summed E-state index contributed by atoms with van der Waals surface area (Å²) < 4.78 is 19.0. The molecule has 2 aromatic rings. The average molecular weight is 247 g/mol. The zero-order chi connectivity index (χ0) is 13.1. The minimum absolute atomic E-state index is 0.183. The molecule has 92 valence electrons. The van der Waals surface area contributed by atoms with Gasteiger partial charge in [0.15, 0.2) is 0 Å². The first-order valence-electron chi connectivity index (χ1n) is 5.21. The monoisotopic (exact) mass is 247 g/mol. The lowest BCUT2D eigenvalue weighted by atomic mass is 10.0. The molecule has 0 saturated carbocycles. The molecule has 0 heterocycles. The van der Waals surface area contributed by atoms with Gasteiger partial charge in [-0.3, -0.25) is 10.1 Å². The number of methoxy groups -OCH3 is 1. The normalized spacial score (nSPS) is 10.1. The number of nitrogens with zero attached hydrogens (tertiary/aromatic N) is 1. The van der Waals surface area contributed by atoms with Crippen molar-refractivity contribution in [3.8, 4) is 16.9 Å². The van der Waals surface area contributed by atoms with Crippen molar-refractivity contribution in [1.82, 2.24) is 0 Å². The molecule has 0 spiro atoms. The Morgan fingerprint density at radius 3 is 2.61 bits per heavy atom. The Hall–Kier alpha value is -2.43. The Bertz CT molecular complexity index is 599. The number of hydrogen-bond acceptors (Lipinski definition) is 3. The second kappa shape index (κ2) is 4.83. The predicted octanol–water partition coefficient (Wildman–Crippen LogP) is 3.41. The van der Waals surface area contributed by atoms with Gasteiger partial charge in [0.25, 0.3) is 0 Å². The zero-order valence-electron chi connectivity index (χ0n) is 9.59. The van der Waals surface area contributed by atoms with Crippen molar-refractivity contribution in [3.63, 3.8) is 0 Å². The maximum absolute atomic E-state index is 14.0. The summed E-state index contributed by atoms with van der Waals surface area (Å²) in [6, 6.07) is 10.8. The fourth-order valence-electron chi connectivity index (χ4n) is 1.67. The van der Waals surface area contributed by atoms with Gasteiger partial charge in [-0.05, 0) is 17.7 Å². The molecule has 0 aliphatic carbocycles. The van der Waals surface area contributed by atoms with Crippen LogP contribution in [0.1, 0.15) is 0 Å². The molecule has 2 rings (SSSR count).